The maximum absolute atomic E-state index is 5.28. The summed E-state index contributed by atoms with van der Waals surface area (Å²) in [4.78, 5) is 2.57. The highest BCUT2D eigenvalue weighted by molar-refractivity contribution is 4.99. The molecule has 2 heteroatoms. The molecule has 0 N–H and O–H groups in total. The van der Waals surface area contributed by atoms with E-state index in [1.807, 2.05) is 27.7 Å². The van der Waals surface area contributed by atoms with Crippen molar-refractivity contribution in [2.24, 2.45) is 5.92 Å². The number of morpholine rings is 1. The number of ether oxygens (including phenoxy) is 1. The molecule has 2 nitrogen and oxygen atoms in total. The van der Waals surface area contributed by atoms with Crippen LogP contribution in [0, 0.1) is 5.92 Å². The SMILES string of the molecule is CC.CC.CC1(N2CCOCC2)CC1.CC1CCC1. The Balaban J connectivity index is 0.000000305. The van der Waals surface area contributed by atoms with E-state index < -0.39 is 0 Å². The maximum Gasteiger partial charge on any atom is 0.0594 e. The monoisotopic (exact) mass is 271 g/mol. The van der Waals surface area contributed by atoms with Crippen molar-refractivity contribution in [3.63, 3.8) is 0 Å². The zero-order valence-electron chi connectivity index (χ0n) is 14.3. The van der Waals surface area contributed by atoms with Gasteiger partial charge in [-0.3, -0.25) is 4.90 Å². The van der Waals surface area contributed by atoms with Gasteiger partial charge in [-0.15, -0.1) is 0 Å². The average molecular weight is 271 g/mol. The molecule has 1 aliphatic heterocycles. The van der Waals surface area contributed by atoms with Gasteiger partial charge in [-0.25, -0.2) is 0 Å². The Morgan fingerprint density at radius 3 is 1.63 bits per heavy atom. The zero-order valence-corrected chi connectivity index (χ0v) is 14.3. The fourth-order valence-electron chi connectivity index (χ4n) is 2.21. The number of hydrogen-bond acceptors (Lipinski definition) is 2. The Morgan fingerprint density at radius 1 is 0.947 bits per heavy atom. The Labute approximate surface area is 121 Å². The molecule has 3 aliphatic rings. The fourth-order valence-corrected chi connectivity index (χ4v) is 2.21. The van der Waals surface area contributed by atoms with Gasteiger partial charge in [0.05, 0.1) is 13.2 Å². The molecule has 0 aromatic rings. The van der Waals surface area contributed by atoms with Crippen LogP contribution in [0.1, 0.15) is 73.6 Å². The van der Waals surface area contributed by atoms with Gasteiger partial charge in [0, 0.05) is 18.6 Å². The summed E-state index contributed by atoms with van der Waals surface area (Å²) in [7, 11) is 0. The quantitative estimate of drug-likeness (QED) is 0.683. The number of hydrogen-bond donors (Lipinski definition) is 0. The van der Waals surface area contributed by atoms with Crippen LogP contribution >= 0.6 is 0 Å². The van der Waals surface area contributed by atoms with Gasteiger partial charge in [0.1, 0.15) is 0 Å². The highest BCUT2D eigenvalue weighted by Crippen LogP contribution is 2.41. The van der Waals surface area contributed by atoms with Crippen LogP contribution in [0.2, 0.25) is 0 Å². The van der Waals surface area contributed by atoms with E-state index in [9.17, 15) is 0 Å². The molecule has 1 saturated heterocycles. The van der Waals surface area contributed by atoms with Crippen LogP contribution in [-0.4, -0.2) is 36.7 Å². The van der Waals surface area contributed by atoms with Gasteiger partial charge in [0.15, 0.2) is 0 Å². The number of rotatable bonds is 1. The van der Waals surface area contributed by atoms with Crippen molar-refractivity contribution in [2.75, 3.05) is 26.3 Å². The molecule has 0 unspecified atom stereocenters. The first kappa shape index (κ1) is 18.9. The van der Waals surface area contributed by atoms with Crippen molar-refractivity contribution < 1.29 is 4.74 Å². The molecule has 3 rings (SSSR count). The van der Waals surface area contributed by atoms with E-state index in [2.05, 4.69) is 18.7 Å². The summed E-state index contributed by atoms with van der Waals surface area (Å²) < 4.78 is 5.28. The van der Waals surface area contributed by atoms with E-state index in [0.717, 1.165) is 32.2 Å². The minimum absolute atomic E-state index is 0.573. The molecule has 0 aromatic carbocycles. The smallest absolute Gasteiger partial charge is 0.0594 e. The minimum Gasteiger partial charge on any atom is -0.379 e. The third-order valence-electron chi connectivity index (χ3n) is 4.14. The molecule has 19 heavy (non-hydrogen) atoms. The zero-order chi connectivity index (χ0) is 14.7. The van der Waals surface area contributed by atoms with Crippen LogP contribution in [0.25, 0.3) is 0 Å². The predicted octanol–water partition coefficient (Wildman–Crippen LogP) is 4.73. The van der Waals surface area contributed by atoms with Gasteiger partial charge < -0.3 is 4.74 Å². The summed E-state index contributed by atoms with van der Waals surface area (Å²) >= 11 is 0. The maximum atomic E-state index is 5.28. The second-order valence-corrected chi connectivity index (χ2v) is 5.63. The van der Waals surface area contributed by atoms with Crippen LogP contribution in [0.4, 0.5) is 0 Å². The predicted molar refractivity (Wildman–Crippen MR) is 85.7 cm³/mol. The van der Waals surface area contributed by atoms with E-state index >= 15 is 0 Å². The summed E-state index contributed by atoms with van der Waals surface area (Å²) in [6, 6.07) is 0. The first-order chi connectivity index (χ1) is 9.21. The first-order valence-corrected chi connectivity index (χ1v) is 8.53. The Morgan fingerprint density at radius 2 is 1.37 bits per heavy atom. The summed E-state index contributed by atoms with van der Waals surface area (Å²) in [6.07, 6.45) is 7.25. The van der Waals surface area contributed by atoms with Crippen molar-refractivity contribution in [3.05, 3.63) is 0 Å². The van der Waals surface area contributed by atoms with Crippen molar-refractivity contribution in [1.29, 1.82) is 0 Å². The lowest BCUT2D eigenvalue weighted by Crippen LogP contribution is -2.43. The Hall–Kier alpha value is -0.0800. The standard InChI is InChI=1S/C8H15NO.C5H10.2C2H6/c1-8(2-3-8)9-4-6-10-7-5-9;1-5-3-2-4-5;2*1-2/h2-7H2,1H3;5H,2-4H2,1H3;2*1-2H3. The Kier molecular flexibility index (Phi) is 10.6. The summed E-state index contributed by atoms with van der Waals surface area (Å²) in [5, 5.41) is 0. The molecule has 0 atom stereocenters. The Bertz CT molecular complexity index is 191. The highest BCUT2D eigenvalue weighted by atomic mass is 16.5. The molecule has 0 aromatic heterocycles. The largest absolute Gasteiger partial charge is 0.379 e. The van der Waals surface area contributed by atoms with Crippen LogP contribution in [0.15, 0.2) is 0 Å². The summed E-state index contributed by atoms with van der Waals surface area (Å²) in [6.45, 7) is 16.8. The number of nitrogens with zero attached hydrogens (tertiary/aromatic N) is 1. The topological polar surface area (TPSA) is 12.5 Å². The molecule has 3 fully saturated rings. The van der Waals surface area contributed by atoms with E-state index in [1.54, 1.807) is 0 Å². The lowest BCUT2D eigenvalue weighted by molar-refractivity contribution is 0.0139. The van der Waals surface area contributed by atoms with Crippen LogP contribution in [0.3, 0.4) is 0 Å². The van der Waals surface area contributed by atoms with E-state index in [0.29, 0.717) is 5.54 Å². The summed E-state index contributed by atoms with van der Waals surface area (Å²) in [5.41, 5.74) is 0.573. The van der Waals surface area contributed by atoms with Crippen molar-refractivity contribution in [3.8, 4) is 0 Å². The van der Waals surface area contributed by atoms with Gasteiger partial charge in [0.2, 0.25) is 0 Å². The molecule has 0 radical (unpaired) electrons. The van der Waals surface area contributed by atoms with Gasteiger partial charge >= 0.3 is 0 Å². The normalized spacial score (nSPS) is 24.3. The van der Waals surface area contributed by atoms with Crippen molar-refractivity contribution in [1.82, 2.24) is 4.90 Å². The third-order valence-corrected chi connectivity index (χ3v) is 4.14. The minimum atomic E-state index is 0.573. The molecule has 1 heterocycles. The molecule has 0 spiro atoms. The van der Waals surface area contributed by atoms with E-state index in [4.69, 9.17) is 4.74 Å². The van der Waals surface area contributed by atoms with Gasteiger partial charge in [-0.1, -0.05) is 53.9 Å². The highest BCUT2D eigenvalue weighted by Gasteiger charge is 2.43. The third kappa shape index (κ3) is 7.31. The van der Waals surface area contributed by atoms with Crippen LogP contribution < -0.4 is 0 Å². The molecule has 0 amide bonds. The second-order valence-electron chi connectivity index (χ2n) is 5.63. The van der Waals surface area contributed by atoms with Gasteiger partial charge in [-0.05, 0) is 25.7 Å². The molecule has 116 valence electrons. The molecule has 0 bridgehead atoms. The molecular formula is C17H37NO. The second kappa shape index (κ2) is 10.7. The summed E-state index contributed by atoms with van der Waals surface area (Å²) in [5.74, 6) is 1.06. The van der Waals surface area contributed by atoms with Gasteiger partial charge in [-0.2, -0.15) is 0 Å². The van der Waals surface area contributed by atoms with E-state index in [-0.39, 0.29) is 0 Å². The first-order valence-electron chi connectivity index (χ1n) is 8.53. The molecular weight excluding hydrogens is 234 g/mol. The van der Waals surface area contributed by atoms with Crippen LogP contribution in [0.5, 0.6) is 0 Å². The molecule has 2 aliphatic carbocycles. The average Bonchev–Trinajstić information content (AvgIpc) is 3.22. The lowest BCUT2D eigenvalue weighted by Gasteiger charge is -2.32. The van der Waals surface area contributed by atoms with Gasteiger partial charge in [0.25, 0.3) is 0 Å². The van der Waals surface area contributed by atoms with E-state index in [1.165, 1.54) is 32.1 Å². The van der Waals surface area contributed by atoms with Crippen molar-refractivity contribution in [2.45, 2.75) is 79.2 Å². The fraction of sp³-hybridized carbons (Fsp3) is 1.00. The van der Waals surface area contributed by atoms with Crippen molar-refractivity contribution >= 4 is 0 Å². The van der Waals surface area contributed by atoms with Crippen LogP contribution in [-0.2, 0) is 4.74 Å². The molecule has 2 saturated carbocycles. The lowest BCUT2D eigenvalue weighted by atomic mass is 9.88.